The second-order valence-corrected chi connectivity index (χ2v) is 23.8. The van der Waals surface area contributed by atoms with Crippen LogP contribution in [-0.4, -0.2) is 41.2 Å². The Balaban J connectivity index is 0.872. The van der Waals surface area contributed by atoms with Crippen molar-refractivity contribution in [1.29, 1.82) is 0 Å². The molecular weight excluding hydrogens is 1150 g/mol. The van der Waals surface area contributed by atoms with Gasteiger partial charge < -0.3 is 14.4 Å². The van der Waals surface area contributed by atoms with Gasteiger partial charge in [-0.15, -0.1) is 0 Å². The van der Waals surface area contributed by atoms with Gasteiger partial charge in [0.25, 0.3) is 6.71 Å². The lowest BCUT2D eigenvalue weighted by atomic mass is 9.33. The predicted octanol–water partition coefficient (Wildman–Crippen LogP) is 18.6. The van der Waals surface area contributed by atoms with E-state index in [0.29, 0.717) is 34.9 Å². The summed E-state index contributed by atoms with van der Waals surface area (Å²) in [5.41, 5.74) is 22.8. The van der Waals surface area contributed by atoms with E-state index in [1.54, 1.807) is 0 Å². The molecular formula is C84H54BN9. The lowest BCUT2D eigenvalue weighted by molar-refractivity contribution is 1.06. The molecule has 0 fully saturated rings. The van der Waals surface area contributed by atoms with Crippen molar-refractivity contribution in [3.8, 4) is 96.3 Å². The van der Waals surface area contributed by atoms with Crippen LogP contribution in [0.4, 0.5) is 34.1 Å². The van der Waals surface area contributed by atoms with Crippen LogP contribution in [0.5, 0.6) is 0 Å². The van der Waals surface area contributed by atoms with Crippen molar-refractivity contribution in [2.75, 3.05) is 9.80 Å². The Morgan fingerprint density at radius 1 is 0.234 bits per heavy atom. The first-order valence-electron chi connectivity index (χ1n) is 31.7. The maximum absolute atomic E-state index is 5.67. The highest BCUT2D eigenvalue weighted by molar-refractivity contribution is 7.00. The topological polar surface area (TPSA) is 88.7 Å². The normalized spacial score (nSPS) is 12.2. The first kappa shape index (κ1) is 54.3. The summed E-state index contributed by atoms with van der Waals surface area (Å²) in [4.78, 5) is 37.2. The molecule has 0 saturated heterocycles. The lowest BCUT2D eigenvalue weighted by Crippen LogP contribution is -2.61. The zero-order valence-electron chi connectivity index (χ0n) is 50.8. The van der Waals surface area contributed by atoms with Crippen LogP contribution in [0.15, 0.2) is 328 Å². The summed E-state index contributed by atoms with van der Waals surface area (Å²) in [6.07, 6.45) is 0. The lowest BCUT2D eigenvalue weighted by Gasteiger charge is -2.45. The van der Waals surface area contributed by atoms with Gasteiger partial charge in [0.2, 0.25) is 0 Å². The quantitative estimate of drug-likeness (QED) is 0.118. The molecule has 0 N–H and O–H groups in total. The fraction of sp³-hybridized carbons (Fsp3) is 0. The number of anilines is 6. The fourth-order valence-electron chi connectivity index (χ4n) is 14.0. The molecule has 3 aromatic heterocycles. The number of fused-ring (bicyclic) bond motifs is 7. The minimum Gasteiger partial charge on any atom is -0.311 e. The van der Waals surface area contributed by atoms with Crippen LogP contribution in [0, 0.1) is 0 Å². The molecule has 9 nitrogen and oxygen atoms in total. The first-order chi connectivity index (χ1) is 46.6. The molecule has 0 saturated carbocycles. The molecule has 16 aromatic rings. The Morgan fingerprint density at radius 2 is 0.660 bits per heavy atom. The van der Waals surface area contributed by atoms with Gasteiger partial charge in [0.1, 0.15) is 0 Å². The van der Waals surface area contributed by atoms with Gasteiger partial charge >= 0.3 is 0 Å². The van der Waals surface area contributed by atoms with E-state index < -0.39 is 0 Å². The Morgan fingerprint density at radius 3 is 1.26 bits per heavy atom. The summed E-state index contributed by atoms with van der Waals surface area (Å²) in [5, 5.41) is 2.25. The van der Waals surface area contributed by atoms with Crippen LogP contribution in [-0.2, 0) is 0 Å². The molecule has 5 heterocycles. The molecule has 438 valence electrons. The maximum atomic E-state index is 5.67. The largest absolute Gasteiger partial charge is 0.311 e. The minimum absolute atomic E-state index is 0.0576. The van der Waals surface area contributed by atoms with E-state index in [-0.39, 0.29) is 6.71 Å². The zero-order chi connectivity index (χ0) is 62.1. The van der Waals surface area contributed by atoms with Crippen LogP contribution >= 0.6 is 0 Å². The van der Waals surface area contributed by atoms with E-state index in [4.69, 9.17) is 29.9 Å². The van der Waals surface area contributed by atoms with Gasteiger partial charge in [-0.1, -0.05) is 243 Å². The summed E-state index contributed by atoms with van der Waals surface area (Å²) >= 11 is 0. The molecule has 0 aliphatic carbocycles. The van der Waals surface area contributed by atoms with Crippen LogP contribution < -0.4 is 26.2 Å². The molecule has 2 aliphatic rings. The van der Waals surface area contributed by atoms with Crippen molar-refractivity contribution in [2.45, 2.75) is 0 Å². The number of hydrogen-bond acceptors (Lipinski definition) is 8. The second kappa shape index (κ2) is 22.7. The number of para-hydroxylation sites is 5. The number of hydrogen-bond donors (Lipinski definition) is 0. The highest BCUT2D eigenvalue weighted by Gasteiger charge is 2.44. The van der Waals surface area contributed by atoms with Crippen molar-refractivity contribution in [1.82, 2.24) is 34.5 Å². The van der Waals surface area contributed by atoms with Crippen LogP contribution in [0.3, 0.4) is 0 Å². The Kier molecular flexibility index (Phi) is 13.1. The first-order valence-corrected chi connectivity index (χ1v) is 31.7. The fourth-order valence-corrected chi connectivity index (χ4v) is 14.0. The van der Waals surface area contributed by atoms with Gasteiger partial charge in [0.05, 0.1) is 22.4 Å². The number of benzene rings is 13. The van der Waals surface area contributed by atoms with Crippen LogP contribution in [0.25, 0.3) is 118 Å². The van der Waals surface area contributed by atoms with E-state index in [9.17, 15) is 0 Å². The van der Waals surface area contributed by atoms with Gasteiger partial charge in [-0.2, -0.15) is 0 Å². The average Bonchev–Trinajstić information content (AvgIpc) is 0.781. The molecule has 0 bridgehead atoms. The summed E-state index contributed by atoms with van der Waals surface area (Å²) in [6.45, 7) is -0.0576. The molecule has 94 heavy (non-hydrogen) atoms. The molecule has 0 spiro atoms. The van der Waals surface area contributed by atoms with E-state index in [1.807, 2.05) is 78.9 Å². The van der Waals surface area contributed by atoms with Crippen molar-refractivity contribution in [3.63, 3.8) is 0 Å². The van der Waals surface area contributed by atoms with E-state index in [1.165, 1.54) is 22.1 Å². The summed E-state index contributed by atoms with van der Waals surface area (Å²) < 4.78 is 2.35. The molecule has 13 aromatic carbocycles. The Hall–Kier alpha value is -12.7. The number of nitrogens with zero attached hydrogens (tertiary/aromatic N) is 9. The third kappa shape index (κ3) is 9.26. The van der Waals surface area contributed by atoms with E-state index in [2.05, 4.69) is 263 Å². The monoisotopic (exact) mass is 1200 g/mol. The molecule has 10 heteroatoms. The van der Waals surface area contributed by atoms with Gasteiger partial charge in [0.15, 0.2) is 34.9 Å². The third-order valence-electron chi connectivity index (χ3n) is 18.3. The molecule has 18 rings (SSSR count). The van der Waals surface area contributed by atoms with E-state index >= 15 is 0 Å². The second-order valence-electron chi connectivity index (χ2n) is 23.8. The molecule has 0 amide bonds. The van der Waals surface area contributed by atoms with Crippen molar-refractivity contribution < 1.29 is 0 Å². The molecule has 0 unspecified atom stereocenters. The molecule has 2 aliphatic heterocycles. The van der Waals surface area contributed by atoms with Crippen molar-refractivity contribution in [3.05, 3.63) is 328 Å². The average molecular weight is 1200 g/mol. The highest BCUT2D eigenvalue weighted by Crippen LogP contribution is 2.49. The van der Waals surface area contributed by atoms with Crippen molar-refractivity contribution in [2.24, 2.45) is 0 Å². The summed E-state index contributed by atoms with van der Waals surface area (Å²) in [7, 11) is 0. The SMILES string of the molecule is c1ccc(-c2ccc3c(c2)c2ccccc2n3-c2ccc(-c3nc(-c4ccccc4)nc(-c4ccccc4)n3)cc2-c2nc(-c3ccccc3)nc(-c3cccc(-c4ccc5c6c4N(c4ccccc4)c4ccccc4B6c4ccccc4N5c4ccccc4)c3)n2)cc1. The predicted molar refractivity (Wildman–Crippen MR) is 385 cm³/mol. The van der Waals surface area contributed by atoms with E-state index in [0.717, 1.165) is 112 Å². The Bertz CT molecular complexity index is 5510. The molecule has 0 radical (unpaired) electrons. The maximum Gasteiger partial charge on any atom is 0.252 e. The molecule has 0 atom stereocenters. The van der Waals surface area contributed by atoms with Crippen LogP contribution in [0.2, 0.25) is 0 Å². The van der Waals surface area contributed by atoms with Gasteiger partial charge in [-0.05, 0) is 118 Å². The summed E-state index contributed by atoms with van der Waals surface area (Å²) in [5.74, 6) is 3.19. The smallest absolute Gasteiger partial charge is 0.252 e. The third-order valence-corrected chi connectivity index (χ3v) is 18.3. The Labute approximate surface area is 544 Å². The minimum atomic E-state index is -0.0576. The van der Waals surface area contributed by atoms with Crippen molar-refractivity contribution >= 4 is 79.0 Å². The zero-order valence-corrected chi connectivity index (χ0v) is 50.8. The van der Waals surface area contributed by atoms with Gasteiger partial charge in [0, 0.05) is 78.2 Å². The standard InChI is InChI=1S/C84H54BN9/c1-7-26-55(27-8-1)59-46-49-72-67(53-59)66-40-19-22-43-71(66)94(72)73-50-47-62(83-87-79(56-28-9-2-10-29-56)86-80(88-83)57-30-11-3-12-31-57)54-68(73)84-90-81(58-32-13-4-14-33-58)89-82(91-84)61-35-25-34-60(52-61)65-48-51-76-77-78(65)93(64-38-17-6-18-39-64)75-45-24-21-42-70(75)85(77)69-41-20-23-44-74(69)92(76)63-36-15-5-16-37-63/h1-54H. The number of rotatable bonds is 11. The summed E-state index contributed by atoms with van der Waals surface area (Å²) in [6, 6.07) is 116. The highest BCUT2D eigenvalue weighted by atomic mass is 15.2. The van der Waals surface area contributed by atoms with Gasteiger partial charge in [-0.25, -0.2) is 29.9 Å². The van der Waals surface area contributed by atoms with Crippen LogP contribution in [0.1, 0.15) is 0 Å². The van der Waals surface area contributed by atoms with Gasteiger partial charge in [-0.3, -0.25) is 0 Å². The number of aromatic nitrogens is 7.